The van der Waals surface area contributed by atoms with Gasteiger partial charge in [-0.15, -0.1) is 19.0 Å². The van der Waals surface area contributed by atoms with Gasteiger partial charge in [0.15, 0.2) is 0 Å². The number of carbonyl (C=O) groups excluding carboxylic acids is 1. The van der Waals surface area contributed by atoms with Crippen LogP contribution in [-0.2, 0) is 11.3 Å². The summed E-state index contributed by atoms with van der Waals surface area (Å²) in [7, 11) is 0. The van der Waals surface area contributed by atoms with Crippen LogP contribution in [0.25, 0.3) is 0 Å². The van der Waals surface area contributed by atoms with Gasteiger partial charge in [-0.3, -0.25) is 14.9 Å². The molecule has 0 heterocycles. The highest BCUT2D eigenvalue weighted by Gasteiger charge is 2.21. The Bertz CT molecular complexity index is 561. The van der Waals surface area contributed by atoms with Crippen molar-refractivity contribution >= 4 is 24.0 Å². The molecule has 1 fully saturated rings. The summed E-state index contributed by atoms with van der Waals surface area (Å²) in [5.41, 5.74) is 0.780. The molecule has 7 heteroatoms. The van der Waals surface area contributed by atoms with Crippen molar-refractivity contribution < 1.29 is 9.72 Å². The first kappa shape index (κ1) is 19.1. The molecule has 1 saturated carbocycles. The molecule has 0 unspecified atom stereocenters. The fourth-order valence-electron chi connectivity index (χ4n) is 2.22. The van der Waals surface area contributed by atoms with E-state index >= 15 is 0 Å². The van der Waals surface area contributed by atoms with Crippen LogP contribution >= 0.6 is 12.4 Å². The zero-order valence-electron chi connectivity index (χ0n) is 12.9. The summed E-state index contributed by atoms with van der Waals surface area (Å²) < 4.78 is 0. The Morgan fingerprint density at radius 1 is 1.48 bits per heavy atom. The minimum atomic E-state index is -0.430. The quantitative estimate of drug-likeness (QED) is 0.426. The molecule has 23 heavy (non-hydrogen) atoms. The van der Waals surface area contributed by atoms with E-state index in [1.165, 1.54) is 25.0 Å². The lowest BCUT2D eigenvalue weighted by atomic mass is 10.2. The first-order chi connectivity index (χ1) is 10.6. The van der Waals surface area contributed by atoms with Crippen molar-refractivity contribution in [2.45, 2.75) is 19.4 Å². The van der Waals surface area contributed by atoms with Crippen LogP contribution < -0.4 is 5.32 Å². The molecule has 0 aromatic heterocycles. The summed E-state index contributed by atoms with van der Waals surface area (Å²) in [6.45, 7) is 5.60. The lowest BCUT2D eigenvalue weighted by molar-refractivity contribution is -0.384. The predicted octanol–water partition coefficient (Wildman–Crippen LogP) is 2.53. The van der Waals surface area contributed by atoms with Crippen LogP contribution in [0.2, 0.25) is 0 Å². The number of carbonyl (C=O) groups is 1. The van der Waals surface area contributed by atoms with E-state index in [0.717, 1.165) is 18.0 Å². The minimum absolute atomic E-state index is 0. The third-order valence-electron chi connectivity index (χ3n) is 3.60. The van der Waals surface area contributed by atoms with Gasteiger partial charge in [0.1, 0.15) is 0 Å². The fraction of sp³-hybridized carbons (Fsp3) is 0.438. The van der Waals surface area contributed by atoms with Crippen LogP contribution in [0.3, 0.4) is 0 Å². The number of benzene rings is 1. The minimum Gasteiger partial charge on any atom is -0.334 e. The topological polar surface area (TPSA) is 75.5 Å². The normalized spacial score (nSPS) is 13.0. The second-order valence-corrected chi connectivity index (χ2v) is 5.56. The van der Waals surface area contributed by atoms with Crippen molar-refractivity contribution in [3.05, 3.63) is 52.6 Å². The molecule has 0 radical (unpaired) electrons. The van der Waals surface area contributed by atoms with Gasteiger partial charge in [0.25, 0.3) is 5.69 Å². The highest BCUT2D eigenvalue weighted by Crippen LogP contribution is 2.27. The number of non-ortho nitro benzene ring substituents is 1. The van der Waals surface area contributed by atoms with Crippen molar-refractivity contribution in [1.29, 1.82) is 0 Å². The van der Waals surface area contributed by atoms with Gasteiger partial charge in [0.05, 0.1) is 11.5 Å². The van der Waals surface area contributed by atoms with Gasteiger partial charge in [-0.2, -0.15) is 0 Å². The molecular weight excluding hydrogens is 318 g/mol. The molecule has 0 aliphatic heterocycles. The largest absolute Gasteiger partial charge is 0.334 e. The van der Waals surface area contributed by atoms with Crippen LogP contribution in [-0.4, -0.2) is 35.4 Å². The van der Waals surface area contributed by atoms with Crippen LogP contribution in [0.1, 0.15) is 18.4 Å². The summed E-state index contributed by atoms with van der Waals surface area (Å²) in [5, 5.41) is 14.0. The molecule has 1 N–H and O–H groups in total. The third-order valence-corrected chi connectivity index (χ3v) is 3.60. The molecular formula is C16H22ClN3O3. The first-order valence-electron chi connectivity index (χ1n) is 7.43. The Hall–Kier alpha value is -1.92. The van der Waals surface area contributed by atoms with Crippen molar-refractivity contribution in [2.75, 3.05) is 19.6 Å². The van der Waals surface area contributed by atoms with E-state index in [1.807, 2.05) is 0 Å². The smallest absolute Gasteiger partial charge is 0.269 e. The number of nitrogens with one attached hydrogen (secondary N) is 1. The van der Waals surface area contributed by atoms with Crippen LogP contribution in [0, 0.1) is 16.0 Å². The van der Waals surface area contributed by atoms with E-state index in [-0.39, 0.29) is 24.0 Å². The molecule has 1 aromatic carbocycles. The maximum atomic E-state index is 12.2. The summed E-state index contributed by atoms with van der Waals surface area (Å²) in [6.07, 6.45) is 4.15. The highest BCUT2D eigenvalue weighted by atomic mass is 35.5. The van der Waals surface area contributed by atoms with Gasteiger partial charge < -0.3 is 10.2 Å². The van der Waals surface area contributed by atoms with E-state index in [4.69, 9.17) is 0 Å². The molecule has 1 aliphatic rings. The lowest BCUT2D eigenvalue weighted by Gasteiger charge is -2.21. The Labute approximate surface area is 142 Å². The summed E-state index contributed by atoms with van der Waals surface area (Å²) in [6, 6.07) is 6.37. The van der Waals surface area contributed by atoms with Crippen molar-refractivity contribution in [3.63, 3.8) is 0 Å². The molecule has 1 aromatic rings. The first-order valence-corrected chi connectivity index (χ1v) is 7.43. The van der Waals surface area contributed by atoms with Crippen LogP contribution in [0.5, 0.6) is 0 Å². The van der Waals surface area contributed by atoms with Gasteiger partial charge in [0, 0.05) is 25.2 Å². The Morgan fingerprint density at radius 3 is 2.83 bits per heavy atom. The summed E-state index contributed by atoms with van der Waals surface area (Å²) in [5.74, 6) is 0.699. The van der Waals surface area contributed by atoms with Crippen molar-refractivity contribution in [3.8, 4) is 0 Å². The average molecular weight is 340 g/mol. The molecule has 6 nitrogen and oxygen atoms in total. The SMILES string of the molecule is C=CCN(Cc1cccc([N+](=O)[O-])c1)C(=O)CNCC1CC1.Cl. The maximum absolute atomic E-state index is 12.2. The molecule has 126 valence electrons. The highest BCUT2D eigenvalue weighted by molar-refractivity contribution is 5.85. The van der Waals surface area contributed by atoms with Gasteiger partial charge >= 0.3 is 0 Å². The fourth-order valence-corrected chi connectivity index (χ4v) is 2.22. The molecule has 1 amide bonds. The monoisotopic (exact) mass is 339 g/mol. The third kappa shape index (κ3) is 6.38. The summed E-state index contributed by atoms with van der Waals surface area (Å²) in [4.78, 5) is 24.3. The molecule has 0 atom stereocenters. The Kier molecular flexibility index (Phi) is 7.71. The molecule has 0 spiro atoms. The lowest BCUT2D eigenvalue weighted by Crippen LogP contribution is -2.38. The van der Waals surface area contributed by atoms with Gasteiger partial charge in [-0.25, -0.2) is 0 Å². The van der Waals surface area contributed by atoms with Gasteiger partial charge in [0.2, 0.25) is 5.91 Å². The molecule has 1 aliphatic carbocycles. The van der Waals surface area contributed by atoms with E-state index in [2.05, 4.69) is 11.9 Å². The maximum Gasteiger partial charge on any atom is 0.269 e. The van der Waals surface area contributed by atoms with Gasteiger partial charge in [-0.1, -0.05) is 18.2 Å². The zero-order chi connectivity index (χ0) is 15.9. The molecule has 0 saturated heterocycles. The Balaban J connectivity index is 0.00000264. The second kappa shape index (κ2) is 9.27. The van der Waals surface area contributed by atoms with Crippen LogP contribution in [0.15, 0.2) is 36.9 Å². The number of halogens is 1. The zero-order valence-corrected chi connectivity index (χ0v) is 13.8. The second-order valence-electron chi connectivity index (χ2n) is 5.56. The Morgan fingerprint density at radius 2 is 2.22 bits per heavy atom. The van der Waals surface area contributed by atoms with E-state index in [9.17, 15) is 14.9 Å². The van der Waals surface area contributed by atoms with Crippen molar-refractivity contribution in [2.24, 2.45) is 5.92 Å². The van der Waals surface area contributed by atoms with E-state index in [0.29, 0.717) is 19.6 Å². The number of amides is 1. The van der Waals surface area contributed by atoms with Crippen LogP contribution in [0.4, 0.5) is 5.69 Å². The average Bonchev–Trinajstić information content (AvgIpc) is 3.31. The number of hydrogen-bond acceptors (Lipinski definition) is 4. The van der Waals surface area contributed by atoms with E-state index < -0.39 is 4.92 Å². The number of rotatable bonds is 9. The number of nitrogens with zero attached hydrogens (tertiary/aromatic N) is 2. The van der Waals surface area contributed by atoms with Gasteiger partial charge in [-0.05, 0) is 30.9 Å². The standard InChI is InChI=1S/C16H21N3O3.ClH/c1-2-8-18(16(20)11-17-10-13-6-7-13)12-14-4-3-5-15(9-14)19(21)22;/h2-5,9,13,17H,1,6-8,10-12H2;1H. The number of nitro groups is 1. The predicted molar refractivity (Wildman–Crippen MR) is 91.6 cm³/mol. The summed E-state index contributed by atoms with van der Waals surface area (Å²) >= 11 is 0. The number of hydrogen-bond donors (Lipinski definition) is 1. The molecule has 0 bridgehead atoms. The molecule has 2 rings (SSSR count). The van der Waals surface area contributed by atoms with E-state index in [1.54, 1.807) is 23.1 Å². The van der Waals surface area contributed by atoms with Crippen molar-refractivity contribution in [1.82, 2.24) is 10.2 Å². The number of nitro benzene ring substituents is 1.